The SMILES string of the molecule is CC1CCCCC1NC(=O)NC(=O)CSc1nnc(-c2ccc(Br)cc2)o1. The number of nitrogens with zero attached hydrogens (tertiary/aromatic N) is 2. The first kappa shape index (κ1) is 19.9. The highest BCUT2D eigenvalue weighted by atomic mass is 79.9. The Morgan fingerprint density at radius 3 is 2.70 bits per heavy atom. The minimum absolute atomic E-state index is 0.0234. The van der Waals surface area contributed by atoms with Gasteiger partial charge in [0.2, 0.25) is 11.8 Å². The molecule has 0 bridgehead atoms. The topological polar surface area (TPSA) is 97.1 Å². The summed E-state index contributed by atoms with van der Waals surface area (Å²) in [5.41, 5.74) is 0.794. The van der Waals surface area contributed by atoms with Crippen molar-refractivity contribution in [2.75, 3.05) is 5.75 Å². The molecule has 1 aromatic carbocycles. The zero-order valence-electron chi connectivity index (χ0n) is 14.9. The van der Waals surface area contributed by atoms with Gasteiger partial charge < -0.3 is 9.73 Å². The number of carbonyl (C=O) groups is 2. The summed E-state index contributed by atoms with van der Waals surface area (Å²) in [5.74, 6) is 0.443. The number of nitrogens with one attached hydrogen (secondary N) is 2. The second-order valence-electron chi connectivity index (χ2n) is 6.56. The molecule has 0 aliphatic heterocycles. The largest absolute Gasteiger partial charge is 0.411 e. The van der Waals surface area contributed by atoms with E-state index in [9.17, 15) is 9.59 Å². The molecule has 0 spiro atoms. The molecule has 2 atom stereocenters. The van der Waals surface area contributed by atoms with E-state index in [1.54, 1.807) is 0 Å². The fourth-order valence-electron chi connectivity index (χ4n) is 3.00. The van der Waals surface area contributed by atoms with Crippen LogP contribution in [0.25, 0.3) is 11.5 Å². The third-order valence-electron chi connectivity index (χ3n) is 4.51. The summed E-state index contributed by atoms with van der Waals surface area (Å²) in [7, 11) is 0. The van der Waals surface area contributed by atoms with Crippen molar-refractivity contribution in [2.24, 2.45) is 5.92 Å². The molecular weight excluding hydrogens is 432 g/mol. The van der Waals surface area contributed by atoms with Gasteiger partial charge in [-0.3, -0.25) is 10.1 Å². The maximum absolute atomic E-state index is 12.0. The molecule has 1 saturated carbocycles. The summed E-state index contributed by atoms with van der Waals surface area (Å²) in [6.07, 6.45) is 4.37. The summed E-state index contributed by atoms with van der Waals surface area (Å²) in [4.78, 5) is 24.0. The average Bonchev–Trinajstić information content (AvgIpc) is 3.11. The number of amides is 3. The lowest BCUT2D eigenvalue weighted by Gasteiger charge is -2.29. The molecule has 1 aliphatic carbocycles. The molecule has 1 fully saturated rings. The molecule has 7 nitrogen and oxygen atoms in total. The van der Waals surface area contributed by atoms with Gasteiger partial charge in [0.25, 0.3) is 5.22 Å². The maximum atomic E-state index is 12.0. The van der Waals surface area contributed by atoms with E-state index in [0.717, 1.165) is 41.1 Å². The van der Waals surface area contributed by atoms with E-state index < -0.39 is 11.9 Å². The third kappa shape index (κ3) is 5.80. The van der Waals surface area contributed by atoms with Gasteiger partial charge in [0.1, 0.15) is 0 Å². The molecule has 0 saturated heterocycles. The molecule has 9 heteroatoms. The molecule has 0 radical (unpaired) electrons. The Kier molecular flexibility index (Phi) is 6.89. The van der Waals surface area contributed by atoms with E-state index in [4.69, 9.17) is 4.42 Å². The van der Waals surface area contributed by atoms with Crippen LogP contribution in [0.3, 0.4) is 0 Å². The van der Waals surface area contributed by atoms with E-state index in [0.29, 0.717) is 11.8 Å². The van der Waals surface area contributed by atoms with Gasteiger partial charge in [0.15, 0.2) is 0 Å². The van der Waals surface area contributed by atoms with E-state index in [-0.39, 0.29) is 17.0 Å². The minimum Gasteiger partial charge on any atom is -0.411 e. The van der Waals surface area contributed by atoms with Crippen LogP contribution < -0.4 is 10.6 Å². The van der Waals surface area contributed by atoms with Crippen LogP contribution in [-0.4, -0.2) is 33.9 Å². The predicted molar refractivity (Wildman–Crippen MR) is 106 cm³/mol. The number of rotatable bonds is 5. The van der Waals surface area contributed by atoms with Crippen LogP contribution >= 0.6 is 27.7 Å². The van der Waals surface area contributed by atoms with Crippen LogP contribution in [-0.2, 0) is 4.79 Å². The van der Waals surface area contributed by atoms with Crippen molar-refractivity contribution in [2.45, 2.75) is 43.9 Å². The normalized spacial score (nSPS) is 19.5. The van der Waals surface area contributed by atoms with Crippen molar-refractivity contribution >= 4 is 39.6 Å². The molecule has 1 aromatic heterocycles. The standard InChI is InChI=1S/C18H21BrN4O3S/c1-11-4-2-3-5-14(11)20-17(25)21-15(24)10-27-18-23-22-16(26-18)12-6-8-13(19)9-7-12/h6-9,11,14H,2-5,10H2,1H3,(H2,20,21,24,25). The van der Waals surface area contributed by atoms with Gasteiger partial charge in [-0.15, -0.1) is 10.2 Å². The maximum Gasteiger partial charge on any atom is 0.321 e. The fraction of sp³-hybridized carbons (Fsp3) is 0.444. The number of imide groups is 1. The lowest BCUT2D eigenvalue weighted by atomic mass is 9.86. The Morgan fingerprint density at radius 1 is 1.22 bits per heavy atom. The second kappa shape index (κ2) is 9.36. The second-order valence-corrected chi connectivity index (χ2v) is 8.40. The molecular formula is C18H21BrN4O3S. The summed E-state index contributed by atoms with van der Waals surface area (Å²) in [5, 5.41) is 13.4. The Balaban J connectivity index is 1.45. The van der Waals surface area contributed by atoms with Crippen LogP contribution in [0.5, 0.6) is 0 Å². The van der Waals surface area contributed by atoms with Gasteiger partial charge in [0, 0.05) is 16.1 Å². The van der Waals surface area contributed by atoms with Gasteiger partial charge in [-0.05, 0) is 43.0 Å². The van der Waals surface area contributed by atoms with Crippen LogP contribution in [0.4, 0.5) is 4.79 Å². The van der Waals surface area contributed by atoms with E-state index in [2.05, 4.69) is 43.7 Å². The summed E-state index contributed by atoms with van der Waals surface area (Å²) in [6, 6.07) is 7.16. The van der Waals surface area contributed by atoms with E-state index in [1.165, 1.54) is 6.42 Å². The zero-order chi connectivity index (χ0) is 19.2. The number of thioether (sulfide) groups is 1. The van der Waals surface area contributed by atoms with Gasteiger partial charge >= 0.3 is 6.03 Å². The molecule has 2 N–H and O–H groups in total. The van der Waals surface area contributed by atoms with E-state index >= 15 is 0 Å². The number of halogens is 1. The zero-order valence-corrected chi connectivity index (χ0v) is 17.3. The van der Waals surface area contributed by atoms with Gasteiger partial charge in [-0.1, -0.05) is 47.5 Å². The highest BCUT2D eigenvalue weighted by Gasteiger charge is 2.23. The highest BCUT2D eigenvalue weighted by Crippen LogP contribution is 2.25. The van der Waals surface area contributed by atoms with E-state index in [1.807, 2.05) is 24.3 Å². The Hall–Kier alpha value is -1.87. The first-order valence-corrected chi connectivity index (χ1v) is 10.6. The molecule has 3 rings (SSSR count). The number of hydrogen-bond acceptors (Lipinski definition) is 6. The van der Waals surface area contributed by atoms with Gasteiger partial charge in [-0.25, -0.2) is 4.79 Å². The summed E-state index contributed by atoms with van der Waals surface area (Å²) >= 11 is 4.46. The first-order chi connectivity index (χ1) is 13.0. The van der Waals surface area contributed by atoms with Gasteiger partial charge in [0.05, 0.1) is 5.75 Å². The summed E-state index contributed by atoms with van der Waals surface area (Å²) in [6.45, 7) is 2.13. The fourth-order valence-corrected chi connectivity index (χ4v) is 3.83. The number of hydrogen-bond donors (Lipinski definition) is 2. The monoisotopic (exact) mass is 452 g/mol. The van der Waals surface area contributed by atoms with Crippen LogP contribution in [0.15, 0.2) is 38.4 Å². The van der Waals surface area contributed by atoms with Gasteiger partial charge in [-0.2, -0.15) is 0 Å². The van der Waals surface area contributed by atoms with Crippen molar-refractivity contribution in [1.29, 1.82) is 0 Å². The lowest BCUT2D eigenvalue weighted by molar-refractivity contribution is -0.117. The molecule has 144 valence electrons. The van der Waals surface area contributed by atoms with Crippen molar-refractivity contribution in [3.63, 3.8) is 0 Å². The first-order valence-electron chi connectivity index (χ1n) is 8.84. The molecule has 3 amide bonds. The highest BCUT2D eigenvalue weighted by molar-refractivity contribution is 9.10. The van der Waals surface area contributed by atoms with Crippen LogP contribution in [0.2, 0.25) is 0 Å². The molecule has 1 heterocycles. The minimum atomic E-state index is -0.444. The van der Waals surface area contributed by atoms with Crippen LogP contribution in [0.1, 0.15) is 32.6 Å². The quantitative estimate of drug-likeness (QED) is 0.665. The van der Waals surface area contributed by atoms with Crippen molar-refractivity contribution in [3.8, 4) is 11.5 Å². The smallest absolute Gasteiger partial charge is 0.321 e. The number of aromatic nitrogens is 2. The predicted octanol–water partition coefficient (Wildman–Crippen LogP) is 4.00. The van der Waals surface area contributed by atoms with Crippen molar-refractivity contribution in [1.82, 2.24) is 20.8 Å². The number of benzene rings is 1. The Bertz CT molecular complexity index is 796. The Morgan fingerprint density at radius 2 is 1.96 bits per heavy atom. The number of carbonyl (C=O) groups excluding carboxylic acids is 2. The third-order valence-corrected chi connectivity index (χ3v) is 5.85. The molecule has 1 aliphatic rings. The molecule has 2 unspecified atom stereocenters. The number of urea groups is 1. The molecule has 2 aromatic rings. The molecule has 27 heavy (non-hydrogen) atoms. The Labute approximate surface area is 170 Å². The summed E-state index contributed by atoms with van der Waals surface area (Å²) < 4.78 is 6.50. The van der Waals surface area contributed by atoms with Crippen LogP contribution in [0, 0.1) is 5.92 Å². The lowest BCUT2D eigenvalue weighted by Crippen LogP contribution is -2.48. The van der Waals surface area contributed by atoms with Crippen molar-refractivity contribution in [3.05, 3.63) is 28.7 Å². The average molecular weight is 453 g/mol. The van der Waals surface area contributed by atoms with Crippen molar-refractivity contribution < 1.29 is 14.0 Å².